The van der Waals surface area contributed by atoms with Gasteiger partial charge in [0.1, 0.15) is 11.4 Å². The van der Waals surface area contributed by atoms with Crippen LogP contribution in [0.1, 0.15) is 31.9 Å². The van der Waals surface area contributed by atoms with E-state index in [0.717, 1.165) is 28.6 Å². The maximum absolute atomic E-state index is 12.0. The van der Waals surface area contributed by atoms with E-state index in [1.807, 2.05) is 51.1 Å². The SMILES string of the molecule is Cc1ccc(OCCc2ccc3[nH]cc(NC(=O)OC(C)(C)C)c3c2)cc1. The van der Waals surface area contributed by atoms with E-state index in [2.05, 4.69) is 29.4 Å². The number of rotatable bonds is 5. The molecule has 0 saturated carbocycles. The Morgan fingerprint density at radius 3 is 2.56 bits per heavy atom. The molecule has 5 nitrogen and oxygen atoms in total. The van der Waals surface area contributed by atoms with E-state index in [1.54, 1.807) is 6.20 Å². The van der Waals surface area contributed by atoms with Gasteiger partial charge in [-0.3, -0.25) is 5.32 Å². The molecule has 1 aromatic heterocycles. The van der Waals surface area contributed by atoms with Crippen LogP contribution in [0.15, 0.2) is 48.7 Å². The molecule has 27 heavy (non-hydrogen) atoms. The molecular weight excluding hydrogens is 340 g/mol. The second kappa shape index (κ2) is 7.74. The predicted molar refractivity (Wildman–Crippen MR) is 109 cm³/mol. The average Bonchev–Trinajstić information content (AvgIpc) is 2.97. The molecule has 1 amide bonds. The van der Waals surface area contributed by atoms with E-state index in [-0.39, 0.29) is 0 Å². The number of H-pyrrole nitrogens is 1. The molecule has 0 fully saturated rings. The molecule has 0 aliphatic rings. The van der Waals surface area contributed by atoms with Crippen LogP contribution in [0.25, 0.3) is 10.9 Å². The summed E-state index contributed by atoms with van der Waals surface area (Å²) in [5.74, 6) is 0.871. The molecule has 3 aromatic rings. The van der Waals surface area contributed by atoms with E-state index in [1.165, 1.54) is 5.56 Å². The van der Waals surface area contributed by atoms with E-state index in [0.29, 0.717) is 12.3 Å². The lowest BCUT2D eigenvalue weighted by atomic mass is 10.1. The summed E-state index contributed by atoms with van der Waals surface area (Å²) in [6, 6.07) is 14.2. The van der Waals surface area contributed by atoms with E-state index < -0.39 is 11.7 Å². The van der Waals surface area contributed by atoms with Crippen LogP contribution in [0, 0.1) is 6.92 Å². The summed E-state index contributed by atoms with van der Waals surface area (Å²) >= 11 is 0. The highest BCUT2D eigenvalue weighted by Crippen LogP contribution is 2.25. The van der Waals surface area contributed by atoms with Crippen LogP contribution < -0.4 is 10.1 Å². The molecule has 0 spiro atoms. The number of carbonyl (C=O) groups excluding carboxylic acids is 1. The molecule has 0 aliphatic carbocycles. The molecule has 2 N–H and O–H groups in total. The number of nitrogens with one attached hydrogen (secondary N) is 2. The molecule has 0 radical (unpaired) electrons. The zero-order valence-corrected chi connectivity index (χ0v) is 16.3. The number of amides is 1. The van der Waals surface area contributed by atoms with Crippen LogP contribution in [-0.2, 0) is 11.2 Å². The van der Waals surface area contributed by atoms with Crippen LogP contribution in [0.4, 0.5) is 10.5 Å². The van der Waals surface area contributed by atoms with Gasteiger partial charge < -0.3 is 14.5 Å². The fourth-order valence-corrected chi connectivity index (χ4v) is 2.76. The van der Waals surface area contributed by atoms with Crippen molar-refractivity contribution in [3.05, 3.63) is 59.8 Å². The van der Waals surface area contributed by atoms with Crippen LogP contribution in [0.5, 0.6) is 5.75 Å². The summed E-state index contributed by atoms with van der Waals surface area (Å²) in [5, 5.41) is 3.76. The van der Waals surface area contributed by atoms with Gasteiger partial charge in [0.2, 0.25) is 0 Å². The zero-order valence-electron chi connectivity index (χ0n) is 16.3. The topological polar surface area (TPSA) is 63.3 Å². The number of aromatic amines is 1. The maximum Gasteiger partial charge on any atom is 0.412 e. The number of aromatic nitrogens is 1. The second-order valence-corrected chi connectivity index (χ2v) is 7.62. The van der Waals surface area contributed by atoms with Crippen LogP contribution in [0.2, 0.25) is 0 Å². The monoisotopic (exact) mass is 366 g/mol. The van der Waals surface area contributed by atoms with Crippen LogP contribution >= 0.6 is 0 Å². The van der Waals surface area contributed by atoms with Gasteiger partial charge >= 0.3 is 6.09 Å². The number of carbonyl (C=O) groups is 1. The minimum atomic E-state index is -0.533. The van der Waals surface area contributed by atoms with Gasteiger partial charge in [0.25, 0.3) is 0 Å². The Balaban J connectivity index is 1.65. The largest absolute Gasteiger partial charge is 0.493 e. The summed E-state index contributed by atoms with van der Waals surface area (Å²) in [6.45, 7) is 8.17. The van der Waals surface area contributed by atoms with Gasteiger partial charge in [-0.25, -0.2) is 4.79 Å². The molecule has 2 aromatic carbocycles. The third-order valence-electron chi connectivity index (χ3n) is 4.06. The molecule has 142 valence electrons. The number of anilines is 1. The summed E-state index contributed by atoms with van der Waals surface area (Å²) < 4.78 is 11.1. The van der Waals surface area contributed by atoms with Crippen molar-refractivity contribution in [1.29, 1.82) is 0 Å². The van der Waals surface area contributed by atoms with Gasteiger partial charge in [0.05, 0.1) is 12.3 Å². The predicted octanol–water partition coefficient (Wildman–Crippen LogP) is 5.44. The lowest BCUT2D eigenvalue weighted by Gasteiger charge is -2.19. The number of ether oxygens (including phenoxy) is 2. The fraction of sp³-hybridized carbons (Fsp3) is 0.318. The van der Waals surface area contributed by atoms with E-state index in [4.69, 9.17) is 9.47 Å². The molecule has 5 heteroatoms. The quantitative estimate of drug-likeness (QED) is 0.631. The van der Waals surface area contributed by atoms with Crippen LogP contribution in [0.3, 0.4) is 0 Å². The first-order valence-corrected chi connectivity index (χ1v) is 9.10. The first kappa shape index (κ1) is 18.8. The second-order valence-electron chi connectivity index (χ2n) is 7.62. The molecule has 0 bridgehead atoms. The van der Waals surface area contributed by atoms with Crippen LogP contribution in [-0.4, -0.2) is 23.3 Å². The van der Waals surface area contributed by atoms with Crippen molar-refractivity contribution in [2.45, 2.75) is 39.7 Å². The van der Waals surface area contributed by atoms with Gasteiger partial charge in [-0.2, -0.15) is 0 Å². The first-order valence-electron chi connectivity index (χ1n) is 9.10. The molecule has 0 unspecified atom stereocenters. The van der Waals surface area contributed by atoms with Gasteiger partial charge in [-0.05, 0) is 57.5 Å². The fourth-order valence-electron chi connectivity index (χ4n) is 2.76. The highest BCUT2D eigenvalue weighted by molar-refractivity contribution is 5.99. The Morgan fingerprint density at radius 1 is 1.11 bits per heavy atom. The number of hydrogen-bond donors (Lipinski definition) is 2. The van der Waals surface area contributed by atoms with Gasteiger partial charge in [-0.15, -0.1) is 0 Å². The Kier molecular flexibility index (Phi) is 5.40. The highest BCUT2D eigenvalue weighted by atomic mass is 16.6. The van der Waals surface area contributed by atoms with E-state index in [9.17, 15) is 4.79 Å². The molecule has 0 aliphatic heterocycles. The highest BCUT2D eigenvalue weighted by Gasteiger charge is 2.17. The maximum atomic E-state index is 12.0. The third-order valence-corrected chi connectivity index (χ3v) is 4.06. The number of benzene rings is 2. The lowest BCUT2D eigenvalue weighted by Crippen LogP contribution is -2.27. The Labute approximate surface area is 159 Å². The van der Waals surface area contributed by atoms with Crippen molar-refractivity contribution in [2.24, 2.45) is 0 Å². The summed E-state index contributed by atoms with van der Waals surface area (Å²) in [7, 11) is 0. The summed E-state index contributed by atoms with van der Waals surface area (Å²) in [5.41, 5.74) is 3.49. The number of aryl methyl sites for hydroxylation is 1. The minimum absolute atomic E-state index is 0.462. The lowest BCUT2D eigenvalue weighted by molar-refractivity contribution is 0.0636. The zero-order chi connectivity index (χ0) is 19.4. The molecular formula is C22H26N2O3. The van der Waals surface area contributed by atoms with Gasteiger partial charge in [0, 0.05) is 23.5 Å². The summed E-state index contributed by atoms with van der Waals surface area (Å²) in [4.78, 5) is 15.2. The van der Waals surface area contributed by atoms with Crippen molar-refractivity contribution in [2.75, 3.05) is 11.9 Å². The number of hydrogen-bond acceptors (Lipinski definition) is 3. The Hall–Kier alpha value is -2.95. The van der Waals surface area contributed by atoms with Crippen molar-refractivity contribution in [3.8, 4) is 5.75 Å². The molecule has 1 heterocycles. The van der Waals surface area contributed by atoms with Gasteiger partial charge in [-0.1, -0.05) is 23.8 Å². The normalized spacial score (nSPS) is 11.4. The van der Waals surface area contributed by atoms with Crippen molar-refractivity contribution in [1.82, 2.24) is 4.98 Å². The Bertz CT molecular complexity index is 921. The van der Waals surface area contributed by atoms with E-state index >= 15 is 0 Å². The Morgan fingerprint density at radius 2 is 1.85 bits per heavy atom. The molecule has 3 rings (SSSR count). The third kappa shape index (κ3) is 5.26. The number of fused-ring (bicyclic) bond motifs is 1. The molecule has 0 atom stereocenters. The van der Waals surface area contributed by atoms with Crippen molar-refractivity contribution in [3.63, 3.8) is 0 Å². The van der Waals surface area contributed by atoms with Crippen molar-refractivity contribution < 1.29 is 14.3 Å². The molecule has 0 saturated heterocycles. The smallest absolute Gasteiger partial charge is 0.412 e. The average molecular weight is 366 g/mol. The van der Waals surface area contributed by atoms with Gasteiger partial charge in [0.15, 0.2) is 0 Å². The van der Waals surface area contributed by atoms with Crippen molar-refractivity contribution >= 4 is 22.7 Å². The standard InChI is InChI=1S/C22H26N2O3/c1-15-5-8-17(9-6-15)26-12-11-16-7-10-19-18(13-16)20(14-23-19)24-21(25)27-22(2,3)4/h5-10,13-14,23H,11-12H2,1-4H3,(H,24,25). The first-order chi connectivity index (χ1) is 12.8. The summed E-state index contributed by atoms with van der Waals surface area (Å²) in [6.07, 6.45) is 2.10. The minimum Gasteiger partial charge on any atom is -0.493 e.